The molecule has 2 amide bonds. The monoisotopic (exact) mass is 339 g/mol. The van der Waals surface area contributed by atoms with E-state index in [2.05, 4.69) is 22.5 Å². The normalized spacial score (nSPS) is 33.1. The van der Waals surface area contributed by atoms with Gasteiger partial charge in [-0.15, -0.1) is 0 Å². The maximum Gasteiger partial charge on any atom is 0.315 e. The van der Waals surface area contributed by atoms with Crippen LogP contribution in [0.25, 0.3) is 0 Å². The van der Waals surface area contributed by atoms with E-state index in [1.54, 1.807) is 0 Å². The SMILES string of the molecule is CC1CCC(NC(=O)NCC(C2CCOC2)N2CCOCC2)CC1. The fourth-order valence-corrected chi connectivity index (χ4v) is 4.20. The summed E-state index contributed by atoms with van der Waals surface area (Å²) >= 11 is 0. The highest BCUT2D eigenvalue weighted by molar-refractivity contribution is 5.74. The van der Waals surface area contributed by atoms with Crippen molar-refractivity contribution in [3.05, 3.63) is 0 Å². The predicted octanol–water partition coefficient (Wildman–Crippen LogP) is 1.60. The molecule has 3 rings (SSSR count). The zero-order chi connectivity index (χ0) is 16.8. The van der Waals surface area contributed by atoms with Crippen molar-refractivity contribution in [1.29, 1.82) is 0 Å². The Balaban J connectivity index is 1.46. The topological polar surface area (TPSA) is 62.8 Å². The molecule has 0 aromatic carbocycles. The Labute approximate surface area is 145 Å². The Kier molecular flexibility index (Phi) is 6.75. The predicted molar refractivity (Wildman–Crippen MR) is 93.1 cm³/mol. The lowest BCUT2D eigenvalue weighted by atomic mass is 9.87. The quantitative estimate of drug-likeness (QED) is 0.799. The number of nitrogens with one attached hydrogen (secondary N) is 2. The van der Waals surface area contributed by atoms with Crippen molar-refractivity contribution < 1.29 is 14.3 Å². The first-order valence-electron chi connectivity index (χ1n) is 9.66. The smallest absolute Gasteiger partial charge is 0.315 e. The third kappa shape index (κ3) is 5.07. The number of amides is 2. The number of hydrogen-bond acceptors (Lipinski definition) is 4. The molecule has 2 atom stereocenters. The first-order chi connectivity index (χ1) is 11.7. The maximum absolute atomic E-state index is 12.3. The Morgan fingerprint density at radius 1 is 1.08 bits per heavy atom. The molecule has 6 nitrogen and oxygen atoms in total. The zero-order valence-electron chi connectivity index (χ0n) is 15.0. The van der Waals surface area contributed by atoms with E-state index in [9.17, 15) is 4.79 Å². The molecule has 24 heavy (non-hydrogen) atoms. The van der Waals surface area contributed by atoms with Crippen LogP contribution >= 0.6 is 0 Å². The van der Waals surface area contributed by atoms with E-state index in [1.807, 2.05) is 0 Å². The van der Waals surface area contributed by atoms with Crippen LogP contribution in [0.5, 0.6) is 0 Å². The van der Waals surface area contributed by atoms with Gasteiger partial charge in [0, 0.05) is 44.2 Å². The number of ether oxygens (including phenoxy) is 2. The molecule has 0 aromatic heterocycles. The van der Waals surface area contributed by atoms with Crippen LogP contribution in [0.1, 0.15) is 39.0 Å². The number of nitrogens with zero attached hydrogens (tertiary/aromatic N) is 1. The third-order valence-electron chi connectivity index (χ3n) is 5.85. The first kappa shape index (κ1) is 18.0. The lowest BCUT2D eigenvalue weighted by molar-refractivity contribution is 0.00210. The van der Waals surface area contributed by atoms with E-state index in [0.29, 0.717) is 24.5 Å². The number of urea groups is 1. The van der Waals surface area contributed by atoms with Gasteiger partial charge in [-0.3, -0.25) is 4.90 Å². The number of carbonyl (C=O) groups is 1. The van der Waals surface area contributed by atoms with Crippen LogP contribution in [0.15, 0.2) is 0 Å². The highest BCUT2D eigenvalue weighted by Crippen LogP contribution is 2.24. The highest BCUT2D eigenvalue weighted by atomic mass is 16.5. The molecule has 0 spiro atoms. The fourth-order valence-electron chi connectivity index (χ4n) is 4.20. The van der Waals surface area contributed by atoms with Crippen molar-refractivity contribution in [3.8, 4) is 0 Å². The van der Waals surface area contributed by atoms with Crippen molar-refractivity contribution in [1.82, 2.24) is 15.5 Å². The zero-order valence-corrected chi connectivity index (χ0v) is 15.0. The molecular formula is C18H33N3O3. The highest BCUT2D eigenvalue weighted by Gasteiger charge is 2.32. The molecule has 2 N–H and O–H groups in total. The minimum atomic E-state index is -0.00766. The van der Waals surface area contributed by atoms with Gasteiger partial charge in [-0.05, 0) is 38.0 Å². The van der Waals surface area contributed by atoms with Crippen LogP contribution in [-0.4, -0.2) is 69.1 Å². The average molecular weight is 339 g/mol. The van der Waals surface area contributed by atoms with Gasteiger partial charge >= 0.3 is 6.03 Å². The van der Waals surface area contributed by atoms with Gasteiger partial charge in [-0.1, -0.05) is 6.92 Å². The van der Waals surface area contributed by atoms with E-state index < -0.39 is 0 Å². The summed E-state index contributed by atoms with van der Waals surface area (Å²) in [5, 5.41) is 6.29. The molecular weight excluding hydrogens is 306 g/mol. The number of rotatable bonds is 5. The second-order valence-electron chi connectivity index (χ2n) is 7.65. The standard InChI is InChI=1S/C18H33N3O3/c1-14-2-4-16(5-3-14)20-18(22)19-12-17(15-6-9-24-13-15)21-7-10-23-11-8-21/h14-17H,2-13H2,1H3,(H2,19,20,22). The Bertz CT molecular complexity index is 387. The van der Waals surface area contributed by atoms with Gasteiger partial charge in [0.05, 0.1) is 19.8 Å². The molecule has 0 radical (unpaired) electrons. The molecule has 2 aliphatic heterocycles. The van der Waals surface area contributed by atoms with Gasteiger partial charge in [-0.25, -0.2) is 4.79 Å². The summed E-state index contributed by atoms with van der Waals surface area (Å²) < 4.78 is 11.1. The Morgan fingerprint density at radius 2 is 1.83 bits per heavy atom. The van der Waals surface area contributed by atoms with Gasteiger partial charge in [0.25, 0.3) is 0 Å². The van der Waals surface area contributed by atoms with Crippen molar-refractivity contribution in [3.63, 3.8) is 0 Å². The molecule has 0 bridgehead atoms. The van der Waals surface area contributed by atoms with E-state index in [1.165, 1.54) is 12.8 Å². The summed E-state index contributed by atoms with van der Waals surface area (Å²) in [7, 11) is 0. The second-order valence-corrected chi connectivity index (χ2v) is 7.65. The fraction of sp³-hybridized carbons (Fsp3) is 0.944. The molecule has 138 valence electrons. The number of morpholine rings is 1. The van der Waals surface area contributed by atoms with Gasteiger partial charge < -0.3 is 20.1 Å². The summed E-state index contributed by atoms with van der Waals surface area (Å²) in [5.41, 5.74) is 0. The van der Waals surface area contributed by atoms with Crippen LogP contribution in [0.4, 0.5) is 4.79 Å². The first-order valence-corrected chi connectivity index (χ1v) is 9.66. The minimum Gasteiger partial charge on any atom is -0.381 e. The molecule has 1 aliphatic carbocycles. The van der Waals surface area contributed by atoms with Gasteiger partial charge in [0.15, 0.2) is 0 Å². The van der Waals surface area contributed by atoms with Crippen LogP contribution in [0.3, 0.4) is 0 Å². The van der Waals surface area contributed by atoms with Crippen LogP contribution in [0, 0.1) is 11.8 Å². The second kappa shape index (κ2) is 9.02. The van der Waals surface area contributed by atoms with Gasteiger partial charge in [-0.2, -0.15) is 0 Å². The van der Waals surface area contributed by atoms with Crippen molar-refractivity contribution in [2.45, 2.75) is 51.1 Å². The van der Waals surface area contributed by atoms with E-state index in [4.69, 9.17) is 9.47 Å². The van der Waals surface area contributed by atoms with Crippen molar-refractivity contribution in [2.24, 2.45) is 11.8 Å². The van der Waals surface area contributed by atoms with E-state index >= 15 is 0 Å². The molecule has 2 saturated heterocycles. The lowest BCUT2D eigenvalue weighted by Crippen LogP contribution is -2.54. The number of hydrogen-bond donors (Lipinski definition) is 2. The Morgan fingerprint density at radius 3 is 2.50 bits per heavy atom. The van der Waals surface area contributed by atoms with Crippen molar-refractivity contribution in [2.75, 3.05) is 46.1 Å². The molecule has 2 heterocycles. The average Bonchev–Trinajstić information content (AvgIpc) is 3.12. The van der Waals surface area contributed by atoms with Crippen LogP contribution in [0.2, 0.25) is 0 Å². The molecule has 0 aromatic rings. The van der Waals surface area contributed by atoms with E-state index in [0.717, 1.165) is 64.7 Å². The van der Waals surface area contributed by atoms with Gasteiger partial charge in [0.2, 0.25) is 0 Å². The molecule has 3 aliphatic rings. The summed E-state index contributed by atoms with van der Waals surface area (Å²) in [6.07, 6.45) is 5.75. The minimum absolute atomic E-state index is 0.00766. The maximum atomic E-state index is 12.3. The van der Waals surface area contributed by atoms with Crippen molar-refractivity contribution >= 4 is 6.03 Å². The van der Waals surface area contributed by atoms with Crippen LogP contribution in [-0.2, 0) is 9.47 Å². The van der Waals surface area contributed by atoms with Gasteiger partial charge in [0.1, 0.15) is 0 Å². The van der Waals surface area contributed by atoms with Crippen LogP contribution < -0.4 is 10.6 Å². The lowest BCUT2D eigenvalue weighted by Gasteiger charge is -2.37. The molecule has 3 fully saturated rings. The Hall–Kier alpha value is -0.850. The molecule has 1 saturated carbocycles. The summed E-state index contributed by atoms with van der Waals surface area (Å²) in [4.78, 5) is 14.8. The van der Waals surface area contributed by atoms with E-state index in [-0.39, 0.29) is 6.03 Å². The molecule has 2 unspecified atom stereocenters. The molecule has 6 heteroatoms. The number of carbonyl (C=O) groups excluding carboxylic acids is 1. The summed E-state index contributed by atoms with van der Waals surface area (Å²) in [6, 6.07) is 0.693. The summed E-state index contributed by atoms with van der Waals surface area (Å²) in [5.74, 6) is 1.32. The summed E-state index contributed by atoms with van der Waals surface area (Å²) in [6.45, 7) is 8.13. The largest absolute Gasteiger partial charge is 0.381 e. The third-order valence-corrected chi connectivity index (χ3v) is 5.85.